The molecule has 0 unspecified atom stereocenters. The molecule has 1 aromatic carbocycles. The van der Waals surface area contributed by atoms with Crippen molar-refractivity contribution in [3.8, 4) is 0 Å². The third-order valence-corrected chi connectivity index (χ3v) is 3.64. The van der Waals surface area contributed by atoms with E-state index < -0.39 is 0 Å². The Morgan fingerprint density at radius 2 is 1.76 bits per heavy atom. The van der Waals surface area contributed by atoms with Crippen molar-refractivity contribution in [3.63, 3.8) is 0 Å². The summed E-state index contributed by atoms with van der Waals surface area (Å²) in [7, 11) is 3.16. The second-order valence-electron chi connectivity index (χ2n) is 5.01. The van der Waals surface area contributed by atoms with Crippen LogP contribution in [-0.4, -0.2) is 20.2 Å². The van der Waals surface area contributed by atoms with E-state index in [1.807, 2.05) is 6.07 Å². The Morgan fingerprint density at radius 1 is 1.05 bits per heavy atom. The first-order chi connectivity index (χ1) is 10.1. The van der Waals surface area contributed by atoms with Gasteiger partial charge in [0.1, 0.15) is 0 Å². The maximum atomic E-state index is 11.2. The second-order valence-corrected chi connectivity index (χ2v) is 5.01. The molecule has 0 saturated heterocycles. The SMILES string of the molecule is CC/C(Cc1cccc(CCC(=O)OC)c1)=C(\CC)OC. The van der Waals surface area contributed by atoms with Gasteiger partial charge in [0, 0.05) is 12.8 Å². The summed E-state index contributed by atoms with van der Waals surface area (Å²) in [6.45, 7) is 4.27. The van der Waals surface area contributed by atoms with Crippen molar-refractivity contribution in [2.24, 2.45) is 0 Å². The lowest BCUT2D eigenvalue weighted by atomic mass is 9.98. The molecule has 1 aromatic rings. The molecule has 0 saturated carbocycles. The van der Waals surface area contributed by atoms with E-state index in [-0.39, 0.29) is 5.97 Å². The van der Waals surface area contributed by atoms with E-state index in [4.69, 9.17) is 4.74 Å². The maximum Gasteiger partial charge on any atom is 0.305 e. The molecule has 0 aliphatic heterocycles. The lowest BCUT2D eigenvalue weighted by Crippen LogP contribution is -2.02. The van der Waals surface area contributed by atoms with Crippen molar-refractivity contribution < 1.29 is 14.3 Å². The summed E-state index contributed by atoms with van der Waals surface area (Å²) in [6.07, 6.45) is 3.95. The smallest absolute Gasteiger partial charge is 0.305 e. The number of allylic oxidation sites excluding steroid dienone is 2. The van der Waals surface area contributed by atoms with E-state index >= 15 is 0 Å². The van der Waals surface area contributed by atoms with Crippen LogP contribution in [0.25, 0.3) is 0 Å². The summed E-state index contributed by atoms with van der Waals surface area (Å²) in [5.74, 6) is 0.916. The van der Waals surface area contributed by atoms with E-state index in [1.165, 1.54) is 23.8 Å². The highest BCUT2D eigenvalue weighted by Crippen LogP contribution is 2.19. The summed E-state index contributed by atoms with van der Waals surface area (Å²) >= 11 is 0. The van der Waals surface area contributed by atoms with Crippen LogP contribution in [0, 0.1) is 0 Å². The molecule has 0 bridgehead atoms. The van der Waals surface area contributed by atoms with Crippen LogP contribution in [0.2, 0.25) is 0 Å². The number of rotatable bonds is 8. The van der Waals surface area contributed by atoms with Crippen LogP contribution >= 0.6 is 0 Å². The third-order valence-electron chi connectivity index (χ3n) is 3.64. The van der Waals surface area contributed by atoms with Crippen LogP contribution in [0.4, 0.5) is 0 Å². The predicted molar refractivity (Wildman–Crippen MR) is 85.1 cm³/mol. The average Bonchev–Trinajstić information content (AvgIpc) is 2.53. The normalized spacial score (nSPS) is 11.8. The number of methoxy groups -OCH3 is 2. The number of ether oxygens (including phenoxy) is 2. The predicted octanol–water partition coefficient (Wildman–Crippen LogP) is 4.06. The molecule has 0 aromatic heterocycles. The molecule has 0 atom stereocenters. The van der Waals surface area contributed by atoms with Gasteiger partial charge in [0.2, 0.25) is 0 Å². The molecule has 3 heteroatoms. The van der Waals surface area contributed by atoms with E-state index in [2.05, 4.69) is 36.8 Å². The highest BCUT2D eigenvalue weighted by atomic mass is 16.5. The van der Waals surface area contributed by atoms with Gasteiger partial charge in [-0.2, -0.15) is 0 Å². The van der Waals surface area contributed by atoms with E-state index in [0.29, 0.717) is 6.42 Å². The molecule has 0 heterocycles. The Kier molecular flexibility index (Phi) is 7.59. The van der Waals surface area contributed by atoms with Gasteiger partial charge in [0.05, 0.1) is 20.0 Å². The van der Waals surface area contributed by atoms with Crippen LogP contribution < -0.4 is 0 Å². The van der Waals surface area contributed by atoms with Crippen molar-refractivity contribution >= 4 is 5.97 Å². The third kappa shape index (κ3) is 5.62. The zero-order chi connectivity index (χ0) is 15.7. The zero-order valence-corrected chi connectivity index (χ0v) is 13.6. The van der Waals surface area contributed by atoms with Crippen molar-refractivity contribution in [2.75, 3.05) is 14.2 Å². The molecule has 0 fully saturated rings. The van der Waals surface area contributed by atoms with E-state index in [9.17, 15) is 4.79 Å². The molecule has 0 aliphatic carbocycles. The Bertz CT molecular complexity index is 483. The zero-order valence-electron chi connectivity index (χ0n) is 13.6. The van der Waals surface area contributed by atoms with Crippen LogP contribution in [0.1, 0.15) is 44.2 Å². The minimum Gasteiger partial charge on any atom is -0.501 e. The number of carbonyl (C=O) groups is 1. The van der Waals surface area contributed by atoms with E-state index in [0.717, 1.165) is 31.4 Å². The Balaban J connectivity index is 2.80. The number of benzene rings is 1. The highest BCUT2D eigenvalue weighted by molar-refractivity contribution is 5.69. The molecule has 21 heavy (non-hydrogen) atoms. The summed E-state index contributed by atoms with van der Waals surface area (Å²) in [5, 5.41) is 0. The van der Waals surface area contributed by atoms with Gasteiger partial charge in [-0.15, -0.1) is 0 Å². The number of hydrogen-bond acceptors (Lipinski definition) is 3. The lowest BCUT2D eigenvalue weighted by Gasteiger charge is -2.12. The molecule has 116 valence electrons. The van der Waals surface area contributed by atoms with E-state index in [1.54, 1.807) is 7.11 Å². The Labute approximate surface area is 128 Å². The minimum absolute atomic E-state index is 0.165. The molecule has 3 nitrogen and oxygen atoms in total. The fraction of sp³-hybridized carbons (Fsp3) is 0.500. The van der Waals surface area contributed by atoms with Crippen molar-refractivity contribution in [1.82, 2.24) is 0 Å². The molecular weight excluding hydrogens is 264 g/mol. The standard InChI is InChI=1S/C18H26O3/c1-5-16(17(6-2)20-3)13-15-9-7-8-14(12-15)10-11-18(19)21-4/h7-9,12H,5-6,10-11,13H2,1-4H3/b17-16-. The van der Waals surface area contributed by atoms with Crippen molar-refractivity contribution in [3.05, 3.63) is 46.7 Å². The second kappa shape index (κ2) is 9.22. The molecule has 0 N–H and O–H groups in total. The van der Waals surface area contributed by atoms with Gasteiger partial charge >= 0.3 is 5.97 Å². The highest BCUT2D eigenvalue weighted by Gasteiger charge is 2.07. The number of esters is 1. The molecule has 0 spiro atoms. The minimum atomic E-state index is -0.165. The fourth-order valence-corrected chi connectivity index (χ4v) is 2.45. The van der Waals surface area contributed by atoms with Gasteiger partial charge in [-0.3, -0.25) is 4.79 Å². The molecule has 0 radical (unpaired) electrons. The first kappa shape index (κ1) is 17.3. The molecular formula is C18H26O3. The first-order valence-corrected chi connectivity index (χ1v) is 7.54. The summed E-state index contributed by atoms with van der Waals surface area (Å²) < 4.78 is 10.1. The summed E-state index contributed by atoms with van der Waals surface area (Å²) in [4.78, 5) is 11.2. The Morgan fingerprint density at radius 3 is 2.33 bits per heavy atom. The van der Waals surface area contributed by atoms with Crippen LogP contribution in [0.15, 0.2) is 35.6 Å². The molecule has 0 amide bonds. The van der Waals surface area contributed by atoms with Gasteiger partial charge < -0.3 is 9.47 Å². The molecule has 1 rings (SSSR count). The first-order valence-electron chi connectivity index (χ1n) is 7.54. The van der Waals surface area contributed by atoms with Crippen molar-refractivity contribution in [1.29, 1.82) is 0 Å². The van der Waals surface area contributed by atoms with Crippen LogP contribution in [0.3, 0.4) is 0 Å². The van der Waals surface area contributed by atoms with Gasteiger partial charge in [-0.25, -0.2) is 0 Å². The van der Waals surface area contributed by atoms with Gasteiger partial charge in [0.25, 0.3) is 0 Å². The van der Waals surface area contributed by atoms with Gasteiger partial charge in [-0.1, -0.05) is 38.1 Å². The average molecular weight is 290 g/mol. The Hall–Kier alpha value is -1.77. The topological polar surface area (TPSA) is 35.5 Å². The largest absolute Gasteiger partial charge is 0.501 e. The van der Waals surface area contributed by atoms with Gasteiger partial charge in [-0.05, 0) is 36.0 Å². The quantitative estimate of drug-likeness (QED) is 0.535. The lowest BCUT2D eigenvalue weighted by molar-refractivity contribution is -0.140. The summed E-state index contributed by atoms with van der Waals surface area (Å²) in [5.41, 5.74) is 3.77. The number of carbonyl (C=O) groups excluding carboxylic acids is 1. The maximum absolute atomic E-state index is 11.2. The molecule has 0 aliphatic rings. The monoisotopic (exact) mass is 290 g/mol. The number of hydrogen-bond donors (Lipinski definition) is 0. The van der Waals surface area contributed by atoms with Crippen LogP contribution in [-0.2, 0) is 27.1 Å². The fourth-order valence-electron chi connectivity index (χ4n) is 2.45. The van der Waals surface area contributed by atoms with Gasteiger partial charge in [0.15, 0.2) is 0 Å². The van der Waals surface area contributed by atoms with Crippen molar-refractivity contribution in [2.45, 2.75) is 46.0 Å². The number of aryl methyl sites for hydroxylation is 1. The summed E-state index contributed by atoms with van der Waals surface area (Å²) in [6, 6.07) is 8.40. The van der Waals surface area contributed by atoms with Crippen LogP contribution in [0.5, 0.6) is 0 Å².